The van der Waals surface area contributed by atoms with Crippen molar-refractivity contribution in [1.82, 2.24) is 0 Å². The Morgan fingerprint density at radius 1 is 1.24 bits per heavy atom. The third-order valence-electron chi connectivity index (χ3n) is 2.06. The Labute approximate surface area is 111 Å². The number of hydrogen-bond donors (Lipinski definition) is 0. The monoisotopic (exact) mass is 311 g/mol. The molecule has 0 fully saturated rings. The fourth-order valence-corrected chi connectivity index (χ4v) is 1.68. The highest BCUT2D eigenvalue weighted by atomic mass is 79.9. The maximum atomic E-state index is 10.9. The van der Waals surface area contributed by atoms with Gasteiger partial charge in [0.15, 0.2) is 6.29 Å². The fraction of sp³-hybridized carbons (Fsp3) is 0. The predicted octanol–water partition coefficient (Wildman–Crippen LogP) is 3.74. The van der Waals surface area contributed by atoms with Gasteiger partial charge < -0.3 is 4.42 Å². The zero-order valence-electron chi connectivity index (χ0n) is 8.56. The molecule has 0 saturated heterocycles. The van der Waals surface area contributed by atoms with Gasteiger partial charge in [0.25, 0.3) is 0 Å². The van der Waals surface area contributed by atoms with E-state index in [-0.39, 0.29) is 11.1 Å². The number of aldehydes is 1. The molecule has 0 atom stereocenters. The van der Waals surface area contributed by atoms with Crippen molar-refractivity contribution in [3.05, 3.63) is 57.2 Å². The molecule has 5 heteroatoms. The number of halogens is 2. The zero-order chi connectivity index (χ0) is 12.3. The van der Waals surface area contributed by atoms with Crippen molar-refractivity contribution < 1.29 is 9.21 Å². The Morgan fingerprint density at radius 2 is 1.94 bits per heavy atom. The summed E-state index contributed by atoms with van der Waals surface area (Å²) in [6, 6.07) is 8.81. The van der Waals surface area contributed by atoms with Gasteiger partial charge in [-0.25, -0.2) is 4.99 Å². The van der Waals surface area contributed by atoms with E-state index in [0.717, 1.165) is 4.47 Å². The number of carbonyl (C=O) groups excluding carboxylic acids is 1. The van der Waals surface area contributed by atoms with Crippen molar-refractivity contribution in [3.8, 4) is 0 Å². The van der Waals surface area contributed by atoms with E-state index >= 15 is 0 Å². The van der Waals surface area contributed by atoms with Crippen LogP contribution in [-0.2, 0) is 0 Å². The number of carbonyl (C=O) groups is 1. The molecule has 0 aliphatic carbocycles. The number of hydrogen-bond acceptors (Lipinski definition) is 3. The summed E-state index contributed by atoms with van der Waals surface area (Å²) in [6.07, 6.45) is 2.02. The molecule has 1 aromatic carbocycles. The van der Waals surface area contributed by atoms with E-state index in [4.69, 9.17) is 16.0 Å². The van der Waals surface area contributed by atoms with Gasteiger partial charge >= 0.3 is 0 Å². The Morgan fingerprint density at radius 3 is 2.59 bits per heavy atom. The van der Waals surface area contributed by atoms with Gasteiger partial charge in [-0.3, -0.25) is 4.79 Å². The third kappa shape index (κ3) is 2.84. The molecule has 0 aliphatic heterocycles. The van der Waals surface area contributed by atoms with Gasteiger partial charge in [-0.2, -0.15) is 0 Å². The van der Waals surface area contributed by atoms with Crippen LogP contribution in [0.5, 0.6) is 0 Å². The number of nitrogens with zero attached hydrogens (tertiary/aromatic N) is 1. The second-order valence-electron chi connectivity index (χ2n) is 3.19. The molecule has 0 amide bonds. The van der Waals surface area contributed by atoms with Gasteiger partial charge in [0.1, 0.15) is 0 Å². The second kappa shape index (κ2) is 5.29. The summed E-state index contributed by atoms with van der Waals surface area (Å²) >= 11 is 9.19. The predicted molar refractivity (Wildman–Crippen MR) is 68.5 cm³/mol. The Balaban J connectivity index is 2.57. The van der Waals surface area contributed by atoms with Gasteiger partial charge in [0, 0.05) is 4.47 Å². The maximum absolute atomic E-state index is 10.9. The van der Waals surface area contributed by atoms with E-state index in [2.05, 4.69) is 20.9 Å². The molecule has 0 saturated carbocycles. The summed E-state index contributed by atoms with van der Waals surface area (Å²) in [5.41, 5.74) is 1.13. The van der Waals surface area contributed by atoms with Crippen LogP contribution in [0.15, 0.2) is 50.5 Å². The van der Waals surface area contributed by atoms with Crippen molar-refractivity contribution in [2.24, 2.45) is 4.99 Å². The summed E-state index contributed by atoms with van der Waals surface area (Å²) < 4.78 is 6.12. The Hall–Kier alpha value is -1.39. The fourth-order valence-electron chi connectivity index (χ4n) is 1.24. The minimum absolute atomic E-state index is 0.204. The molecule has 0 aliphatic rings. The summed E-state index contributed by atoms with van der Waals surface area (Å²) in [6.45, 7) is 0. The molecular formula is C12H7BrClNO2. The number of rotatable bonds is 2. The van der Waals surface area contributed by atoms with Crippen LogP contribution in [0.1, 0.15) is 10.4 Å². The summed E-state index contributed by atoms with van der Waals surface area (Å²) in [5.74, 6) is 0. The first-order valence-electron chi connectivity index (χ1n) is 4.73. The van der Waals surface area contributed by atoms with Crippen LogP contribution in [-0.4, -0.2) is 6.29 Å². The van der Waals surface area contributed by atoms with Gasteiger partial charge in [0.05, 0.1) is 22.5 Å². The molecule has 0 bridgehead atoms. The van der Waals surface area contributed by atoms with E-state index in [1.807, 2.05) is 12.1 Å². The first-order valence-corrected chi connectivity index (χ1v) is 5.90. The molecular weight excluding hydrogens is 305 g/mol. The normalized spacial score (nSPS) is 11.5. The summed E-state index contributed by atoms with van der Waals surface area (Å²) in [5, 5.41) is 0.321. The standard InChI is InChI=1S/C12H7BrClNO2/c13-8-1-3-9(4-2-8)15-12-10(7-16)11(14)5-6-17-12/h1-7H. The van der Waals surface area contributed by atoms with Crippen molar-refractivity contribution in [1.29, 1.82) is 0 Å². The van der Waals surface area contributed by atoms with Crippen LogP contribution in [0.2, 0.25) is 5.02 Å². The van der Waals surface area contributed by atoms with Crippen molar-refractivity contribution in [3.63, 3.8) is 0 Å². The van der Waals surface area contributed by atoms with Gasteiger partial charge in [-0.1, -0.05) is 27.5 Å². The molecule has 2 rings (SSSR count). The minimum Gasteiger partial charge on any atom is -0.446 e. The quantitative estimate of drug-likeness (QED) is 0.793. The van der Waals surface area contributed by atoms with Gasteiger partial charge in [0.2, 0.25) is 5.55 Å². The summed E-state index contributed by atoms with van der Waals surface area (Å²) in [7, 11) is 0. The maximum Gasteiger partial charge on any atom is 0.231 e. The number of benzene rings is 1. The highest BCUT2D eigenvalue weighted by Crippen LogP contribution is 2.16. The molecule has 1 heterocycles. The molecule has 17 heavy (non-hydrogen) atoms. The summed E-state index contributed by atoms with van der Waals surface area (Å²) in [4.78, 5) is 15.1. The lowest BCUT2D eigenvalue weighted by atomic mass is 10.3. The molecule has 3 nitrogen and oxygen atoms in total. The van der Waals surface area contributed by atoms with E-state index in [1.54, 1.807) is 12.1 Å². The molecule has 0 spiro atoms. The lowest BCUT2D eigenvalue weighted by Gasteiger charge is -1.97. The van der Waals surface area contributed by atoms with Crippen LogP contribution in [0.4, 0.5) is 5.69 Å². The molecule has 0 N–H and O–H groups in total. The van der Waals surface area contributed by atoms with Crippen molar-refractivity contribution >= 4 is 39.5 Å². The van der Waals surface area contributed by atoms with Crippen molar-refractivity contribution in [2.75, 3.05) is 0 Å². The zero-order valence-corrected chi connectivity index (χ0v) is 10.9. The smallest absolute Gasteiger partial charge is 0.231 e. The highest BCUT2D eigenvalue weighted by Gasteiger charge is 2.03. The molecule has 0 radical (unpaired) electrons. The average molecular weight is 313 g/mol. The van der Waals surface area contributed by atoms with Crippen LogP contribution >= 0.6 is 27.5 Å². The Kier molecular flexibility index (Phi) is 3.76. The van der Waals surface area contributed by atoms with Crippen LogP contribution < -0.4 is 5.55 Å². The van der Waals surface area contributed by atoms with Crippen LogP contribution in [0, 0.1) is 0 Å². The van der Waals surface area contributed by atoms with Crippen LogP contribution in [0.3, 0.4) is 0 Å². The molecule has 0 unspecified atom stereocenters. The minimum atomic E-state index is 0.204. The van der Waals surface area contributed by atoms with E-state index < -0.39 is 0 Å². The first kappa shape index (κ1) is 12.1. The topological polar surface area (TPSA) is 42.6 Å². The second-order valence-corrected chi connectivity index (χ2v) is 4.52. The van der Waals surface area contributed by atoms with Gasteiger partial charge in [-0.05, 0) is 30.3 Å². The van der Waals surface area contributed by atoms with Crippen molar-refractivity contribution in [2.45, 2.75) is 0 Å². The molecule has 1 aromatic heterocycles. The largest absolute Gasteiger partial charge is 0.446 e. The van der Waals surface area contributed by atoms with E-state index in [1.165, 1.54) is 12.3 Å². The van der Waals surface area contributed by atoms with Gasteiger partial charge in [-0.15, -0.1) is 0 Å². The first-order chi connectivity index (χ1) is 8.20. The lowest BCUT2D eigenvalue weighted by Crippen LogP contribution is -2.08. The lowest BCUT2D eigenvalue weighted by molar-refractivity contribution is 0.111. The third-order valence-corrected chi connectivity index (χ3v) is 2.92. The Bertz CT molecular complexity index is 605. The highest BCUT2D eigenvalue weighted by molar-refractivity contribution is 9.10. The van der Waals surface area contributed by atoms with E-state index in [0.29, 0.717) is 17.0 Å². The van der Waals surface area contributed by atoms with E-state index in [9.17, 15) is 4.79 Å². The van der Waals surface area contributed by atoms with Crippen LogP contribution in [0.25, 0.3) is 0 Å². The molecule has 86 valence electrons. The SMILES string of the molecule is O=Cc1c(Cl)ccoc1=Nc1ccc(Br)cc1. The average Bonchev–Trinajstić information content (AvgIpc) is 2.32. The molecule has 2 aromatic rings.